The number of aryl methyl sites for hydroxylation is 1. The van der Waals surface area contributed by atoms with E-state index >= 15 is 0 Å². The lowest BCUT2D eigenvalue weighted by Gasteiger charge is -2.26. The second kappa shape index (κ2) is 5.40. The van der Waals surface area contributed by atoms with Crippen LogP contribution in [0.5, 0.6) is 0 Å². The van der Waals surface area contributed by atoms with Gasteiger partial charge in [-0.05, 0) is 24.6 Å². The summed E-state index contributed by atoms with van der Waals surface area (Å²) < 4.78 is 28.4. The average molecular weight is 327 g/mol. The van der Waals surface area contributed by atoms with Crippen LogP contribution in [0.3, 0.4) is 0 Å². The fraction of sp³-hybridized carbons (Fsp3) is 0.385. The minimum Gasteiger partial charge on any atom is -0.313 e. The molecule has 1 aliphatic heterocycles. The molecule has 8 heteroatoms. The Morgan fingerprint density at radius 3 is 2.62 bits per heavy atom. The number of benzene rings is 1. The van der Waals surface area contributed by atoms with Crippen LogP contribution in [0.15, 0.2) is 24.3 Å². The Morgan fingerprint density at radius 1 is 1.19 bits per heavy atom. The zero-order valence-corrected chi connectivity index (χ0v) is 13.1. The molecule has 0 saturated carbocycles. The molecule has 2 heterocycles. The third-order valence-electron chi connectivity index (χ3n) is 3.56. The third kappa shape index (κ3) is 2.95. The van der Waals surface area contributed by atoms with E-state index in [0.29, 0.717) is 23.9 Å². The molecular weight excluding hydrogens is 312 g/mol. The van der Waals surface area contributed by atoms with Crippen molar-refractivity contribution in [3.63, 3.8) is 0 Å². The van der Waals surface area contributed by atoms with Gasteiger partial charge in [0.15, 0.2) is 0 Å². The van der Waals surface area contributed by atoms with Crippen LogP contribution in [0.4, 0.5) is 0 Å². The van der Waals surface area contributed by atoms with Gasteiger partial charge in [0.1, 0.15) is 11.6 Å². The van der Waals surface area contributed by atoms with E-state index < -0.39 is 10.0 Å². The molecule has 0 unspecified atom stereocenters. The van der Waals surface area contributed by atoms with Gasteiger partial charge in [-0.2, -0.15) is 4.31 Å². The largest absolute Gasteiger partial charge is 0.313 e. The van der Waals surface area contributed by atoms with Crippen molar-refractivity contribution in [3.8, 4) is 0 Å². The van der Waals surface area contributed by atoms with Gasteiger partial charge >= 0.3 is 0 Å². The lowest BCUT2D eigenvalue weighted by molar-refractivity contribution is 0.333. The molecule has 0 atom stereocenters. The van der Waals surface area contributed by atoms with Crippen molar-refractivity contribution in [1.29, 1.82) is 0 Å². The Labute approximate surface area is 128 Å². The molecule has 0 bridgehead atoms. The van der Waals surface area contributed by atoms with Crippen molar-refractivity contribution < 1.29 is 8.42 Å². The molecule has 0 aliphatic carbocycles. The summed E-state index contributed by atoms with van der Waals surface area (Å²) in [5.41, 5.74) is 0.725. The zero-order valence-electron chi connectivity index (χ0n) is 11.5. The van der Waals surface area contributed by atoms with Crippen LogP contribution in [0, 0.1) is 6.92 Å². The molecule has 1 aliphatic rings. The van der Waals surface area contributed by atoms with Crippen LogP contribution < -0.4 is 0 Å². The number of rotatable bonds is 3. The molecule has 0 saturated heterocycles. The highest BCUT2D eigenvalue weighted by Crippen LogP contribution is 2.19. The number of halogens is 1. The highest BCUT2D eigenvalue weighted by atomic mass is 35.5. The van der Waals surface area contributed by atoms with Crippen molar-refractivity contribution in [3.05, 3.63) is 46.5 Å². The van der Waals surface area contributed by atoms with Crippen molar-refractivity contribution in [2.24, 2.45) is 0 Å². The maximum absolute atomic E-state index is 12.5. The fourth-order valence-corrected chi connectivity index (χ4v) is 4.00. The summed E-state index contributed by atoms with van der Waals surface area (Å²) in [4.78, 5) is 0. The van der Waals surface area contributed by atoms with Gasteiger partial charge in [-0.25, -0.2) is 8.42 Å². The summed E-state index contributed by atoms with van der Waals surface area (Å²) in [6.07, 6.45) is 0. The van der Waals surface area contributed by atoms with Gasteiger partial charge in [-0.3, -0.25) is 0 Å². The van der Waals surface area contributed by atoms with Gasteiger partial charge in [0.05, 0.1) is 12.3 Å². The maximum Gasteiger partial charge on any atom is 0.218 e. The van der Waals surface area contributed by atoms with E-state index in [2.05, 4.69) is 10.2 Å². The summed E-state index contributed by atoms with van der Waals surface area (Å²) in [7, 11) is -3.37. The standard InChI is InChI=1S/C13H15ClN4O2S/c1-10-15-16-13-8-17(6-7-18(10)13)21(19,20)9-11-2-4-12(14)5-3-11/h2-5H,6-9H2,1H3. The first-order chi connectivity index (χ1) is 9.95. The first kappa shape index (κ1) is 14.5. The maximum atomic E-state index is 12.5. The minimum atomic E-state index is -3.37. The molecule has 0 amide bonds. The van der Waals surface area contributed by atoms with Crippen molar-refractivity contribution in [1.82, 2.24) is 19.1 Å². The molecule has 1 aromatic heterocycles. The van der Waals surface area contributed by atoms with E-state index in [-0.39, 0.29) is 12.3 Å². The second-order valence-corrected chi connectivity index (χ2v) is 7.44. The SMILES string of the molecule is Cc1nnc2n1CCN(S(=O)(=O)Cc1ccc(Cl)cc1)C2. The first-order valence-electron chi connectivity index (χ1n) is 6.57. The summed E-state index contributed by atoms with van der Waals surface area (Å²) >= 11 is 5.81. The quantitative estimate of drug-likeness (QED) is 0.859. The summed E-state index contributed by atoms with van der Waals surface area (Å²) in [6, 6.07) is 6.86. The van der Waals surface area contributed by atoms with Gasteiger partial charge in [0.2, 0.25) is 10.0 Å². The zero-order chi connectivity index (χ0) is 15.0. The molecule has 2 aromatic rings. The minimum absolute atomic E-state index is 0.0305. The Hall–Kier alpha value is -1.44. The molecule has 0 fully saturated rings. The fourth-order valence-electron chi connectivity index (χ4n) is 2.40. The van der Waals surface area contributed by atoms with Gasteiger partial charge in [-0.1, -0.05) is 23.7 Å². The van der Waals surface area contributed by atoms with Gasteiger partial charge in [-0.15, -0.1) is 10.2 Å². The van der Waals surface area contributed by atoms with Gasteiger partial charge in [0, 0.05) is 18.1 Å². The Balaban J connectivity index is 1.78. The average Bonchev–Trinajstić information content (AvgIpc) is 2.82. The van der Waals surface area contributed by atoms with Crippen LogP contribution in [0.1, 0.15) is 17.2 Å². The Kier molecular flexibility index (Phi) is 3.73. The van der Waals surface area contributed by atoms with Gasteiger partial charge in [0.25, 0.3) is 0 Å². The lowest BCUT2D eigenvalue weighted by Crippen LogP contribution is -2.39. The molecule has 21 heavy (non-hydrogen) atoms. The molecule has 0 radical (unpaired) electrons. The van der Waals surface area contributed by atoms with Crippen molar-refractivity contribution in [2.75, 3.05) is 6.54 Å². The number of nitrogens with zero attached hydrogens (tertiary/aromatic N) is 4. The third-order valence-corrected chi connectivity index (χ3v) is 5.61. The summed E-state index contributed by atoms with van der Waals surface area (Å²) in [6.45, 7) is 3.18. The van der Waals surface area contributed by atoms with E-state index in [4.69, 9.17) is 11.6 Å². The summed E-state index contributed by atoms with van der Waals surface area (Å²) in [5.74, 6) is 1.48. The summed E-state index contributed by atoms with van der Waals surface area (Å²) in [5, 5.41) is 8.61. The normalized spacial score (nSPS) is 15.9. The molecule has 112 valence electrons. The predicted molar refractivity (Wildman–Crippen MR) is 79.2 cm³/mol. The predicted octanol–water partition coefficient (Wildman–Crippen LogP) is 1.59. The number of hydrogen-bond acceptors (Lipinski definition) is 4. The van der Waals surface area contributed by atoms with Crippen LogP contribution in [-0.2, 0) is 28.9 Å². The van der Waals surface area contributed by atoms with Crippen LogP contribution in [-0.4, -0.2) is 34.0 Å². The number of hydrogen-bond donors (Lipinski definition) is 0. The molecule has 6 nitrogen and oxygen atoms in total. The van der Waals surface area contributed by atoms with Crippen LogP contribution in [0.2, 0.25) is 5.02 Å². The lowest BCUT2D eigenvalue weighted by atomic mass is 10.2. The van der Waals surface area contributed by atoms with E-state index in [1.54, 1.807) is 24.3 Å². The van der Waals surface area contributed by atoms with Crippen molar-refractivity contribution in [2.45, 2.75) is 25.8 Å². The highest BCUT2D eigenvalue weighted by Gasteiger charge is 2.28. The van der Waals surface area contributed by atoms with E-state index in [1.165, 1.54) is 4.31 Å². The first-order valence-corrected chi connectivity index (χ1v) is 8.55. The smallest absolute Gasteiger partial charge is 0.218 e. The monoisotopic (exact) mass is 326 g/mol. The van der Waals surface area contributed by atoms with Crippen LogP contribution >= 0.6 is 11.6 Å². The number of aromatic nitrogens is 3. The number of fused-ring (bicyclic) bond motifs is 1. The van der Waals surface area contributed by atoms with E-state index in [9.17, 15) is 8.42 Å². The molecular formula is C13H15ClN4O2S. The van der Waals surface area contributed by atoms with Gasteiger partial charge < -0.3 is 4.57 Å². The Bertz CT molecular complexity index is 755. The highest BCUT2D eigenvalue weighted by molar-refractivity contribution is 7.88. The molecule has 0 N–H and O–H groups in total. The Morgan fingerprint density at radius 2 is 1.90 bits per heavy atom. The molecule has 0 spiro atoms. The topological polar surface area (TPSA) is 68.1 Å². The second-order valence-electron chi connectivity index (χ2n) is 5.03. The molecule has 3 rings (SSSR count). The van der Waals surface area contributed by atoms with Crippen LogP contribution in [0.25, 0.3) is 0 Å². The van der Waals surface area contributed by atoms with E-state index in [1.807, 2.05) is 11.5 Å². The van der Waals surface area contributed by atoms with Crippen molar-refractivity contribution >= 4 is 21.6 Å². The molecule has 1 aromatic carbocycles. The van der Waals surface area contributed by atoms with E-state index in [0.717, 1.165) is 11.4 Å². The number of sulfonamides is 1.